The molecule has 1 aliphatic carbocycles. The summed E-state index contributed by atoms with van der Waals surface area (Å²) >= 11 is 6.30. The highest BCUT2D eigenvalue weighted by atomic mass is 35.5. The standard InChI is InChI=1S/C16H20ClFN2/c1-11(17)16-19-14-9-8-12(18)10-15(14)20(16)13-6-4-2-3-5-7-13/h8-11,13H,2-7H2,1H3. The Morgan fingerprint density at radius 2 is 1.95 bits per heavy atom. The number of nitrogens with zero attached hydrogens (tertiary/aromatic N) is 2. The minimum Gasteiger partial charge on any atom is -0.324 e. The Kier molecular flexibility index (Phi) is 3.97. The lowest BCUT2D eigenvalue weighted by molar-refractivity contribution is 0.439. The fourth-order valence-electron chi connectivity index (χ4n) is 3.27. The summed E-state index contributed by atoms with van der Waals surface area (Å²) in [6.45, 7) is 1.94. The van der Waals surface area contributed by atoms with E-state index < -0.39 is 0 Å². The van der Waals surface area contributed by atoms with Gasteiger partial charge >= 0.3 is 0 Å². The summed E-state index contributed by atoms with van der Waals surface area (Å²) in [4.78, 5) is 4.62. The molecule has 0 saturated heterocycles. The maximum absolute atomic E-state index is 13.6. The van der Waals surface area contributed by atoms with E-state index in [4.69, 9.17) is 11.6 Å². The van der Waals surface area contributed by atoms with Gasteiger partial charge in [-0.3, -0.25) is 0 Å². The van der Waals surface area contributed by atoms with Gasteiger partial charge in [0.2, 0.25) is 0 Å². The summed E-state index contributed by atoms with van der Waals surface area (Å²) < 4.78 is 15.8. The van der Waals surface area contributed by atoms with Gasteiger partial charge in [-0.05, 0) is 38.0 Å². The number of rotatable bonds is 2. The monoisotopic (exact) mass is 294 g/mol. The predicted octanol–water partition coefficient (Wildman–Crippen LogP) is 5.37. The number of hydrogen-bond donors (Lipinski definition) is 0. The predicted molar refractivity (Wildman–Crippen MR) is 80.7 cm³/mol. The van der Waals surface area contributed by atoms with Gasteiger partial charge in [-0.1, -0.05) is 25.7 Å². The Hall–Kier alpha value is -1.09. The molecule has 1 aromatic heterocycles. The van der Waals surface area contributed by atoms with E-state index in [9.17, 15) is 4.39 Å². The molecule has 1 aromatic carbocycles. The van der Waals surface area contributed by atoms with Crippen LogP contribution in [0.1, 0.15) is 62.7 Å². The molecule has 1 atom stereocenters. The number of aromatic nitrogens is 2. The average Bonchev–Trinajstić information content (AvgIpc) is 2.60. The van der Waals surface area contributed by atoms with E-state index in [2.05, 4.69) is 9.55 Å². The third-order valence-electron chi connectivity index (χ3n) is 4.22. The normalized spacial score (nSPS) is 19.1. The van der Waals surface area contributed by atoms with Crippen LogP contribution in [0.5, 0.6) is 0 Å². The lowest BCUT2D eigenvalue weighted by Gasteiger charge is -2.21. The second-order valence-corrected chi connectivity index (χ2v) is 6.39. The van der Waals surface area contributed by atoms with Crippen molar-refractivity contribution in [3.05, 3.63) is 29.8 Å². The summed E-state index contributed by atoms with van der Waals surface area (Å²) in [7, 11) is 0. The van der Waals surface area contributed by atoms with Crippen molar-refractivity contribution in [2.45, 2.75) is 56.9 Å². The van der Waals surface area contributed by atoms with Crippen molar-refractivity contribution < 1.29 is 4.39 Å². The van der Waals surface area contributed by atoms with Crippen LogP contribution >= 0.6 is 11.6 Å². The number of halogens is 2. The van der Waals surface area contributed by atoms with E-state index in [1.807, 2.05) is 6.92 Å². The van der Waals surface area contributed by atoms with Crippen molar-refractivity contribution in [3.8, 4) is 0 Å². The fraction of sp³-hybridized carbons (Fsp3) is 0.562. The molecule has 0 bridgehead atoms. The molecule has 2 nitrogen and oxygen atoms in total. The molecular weight excluding hydrogens is 275 g/mol. The van der Waals surface area contributed by atoms with Crippen molar-refractivity contribution in [3.63, 3.8) is 0 Å². The van der Waals surface area contributed by atoms with Crippen LogP contribution in [0.15, 0.2) is 18.2 Å². The van der Waals surface area contributed by atoms with E-state index in [1.54, 1.807) is 12.1 Å². The van der Waals surface area contributed by atoms with Gasteiger partial charge in [0.1, 0.15) is 11.6 Å². The van der Waals surface area contributed by atoms with E-state index >= 15 is 0 Å². The molecule has 0 aliphatic heterocycles. The largest absolute Gasteiger partial charge is 0.324 e. The molecule has 0 amide bonds. The van der Waals surface area contributed by atoms with Gasteiger partial charge < -0.3 is 4.57 Å². The lowest BCUT2D eigenvalue weighted by atomic mass is 10.1. The van der Waals surface area contributed by atoms with E-state index in [-0.39, 0.29) is 11.2 Å². The van der Waals surface area contributed by atoms with E-state index in [0.29, 0.717) is 6.04 Å². The van der Waals surface area contributed by atoms with Crippen molar-refractivity contribution in [1.82, 2.24) is 9.55 Å². The van der Waals surface area contributed by atoms with Gasteiger partial charge in [0, 0.05) is 6.04 Å². The Labute approximate surface area is 123 Å². The van der Waals surface area contributed by atoms with Crippen molar-refractivity contribution >= 4 is 22.6 Å². The zero-order valence-electron chi connectivity index (χ0n) is 11.8. The molecule has 1 aliphatic rings. The van der Waals surface area contributed by atoms with Crippen molar-refractivity contribution in [2.75, 3.05) is 0 Å². The first-order valence-corrected chi connectivity index (χ1v) is 7.92. The second kappa shape index (κ2) is 5.72. The van der Waals surface area contributed by atoms with Crippen LogP contribution in [0.25, 0.3) is 11.0 Å². The summed E-state index contributed by atoms with van der Waals surface area (Å²) in [5.41, 5.74) is 1.73. The number of hydrogen-bond acceptors (Lipinski definition) is 1. The molecule has 20 heavy (non-hydrogen) atoms. The summed E-state index contributed by atoms with van der Waals surface area (Å²) in [6, 6.07) is 5.21. The zero-order valence-corrected chi connectivity index (χ0v) is 12.5. The average molecular weight is 295 g/mol. The minimum absolute atomic E-state index is 0.159. The van der Waals surface area contributed by atoms with E-state index in [1.165, 1.54) is 31.7 Å². The van der Waals surface area contributed by atoms with Gasteiger partial charge in [-0.2, -0.15) is 0 Å². The molecule has 3 rings (SSSR count). The number of alkyl halides is 1. The third kappa shape index (κ3) is 2.56. The van der Waals surface area contributed by atoms with Crippen LogP contribution in [0.3, 0.4) is 0 Å². The van der Waals surface area contributed by atoms with E-state index in [0.717, 1.165) is 29.7 Å². The molecule has 108 valence electrons. The first-order valence-electron chi connectivity index (χ1n) is 7.48. The van der Waals surface area contributed by atoms with Crippen LogP contribution in [-0.4, -0.2) is 9.55 Å². The van der Waals surface area contributed by atoms with Crippen LogP contribution in [0.2, 0.25) is 0 Å². The first-order chi connectivity index (χ1) is 9.66. The minimum atomic E-state index is -0.207. The molecule has 0 N–H and O–H groups in total. The fourth-order valence-corrected chi connectivity index (χ4v) is 3.42. The van der Waals surface area contributed by atoms with Crippen LogP contribution in [0.4, 0.5) is 4.39 Å². The quantitative estimate of drug-likeness (QED) is 0.538. The molecule has 1 unspecified atom stereocenters. The molecule has 0 spiro atoms. The molecule has 1 heterocycles. The molecule has 4 heteroatoms. The maximum Gasteiger partial charge on any atom is 0.127 e. The van der Waals surface area contributed by atoms with Gasteiger partial charge in [-0.15, -0.1) is 11.6 Å². The first kappa shape index (κ1) is 13.9. The molecule has 2 aromatic rings. The lowest BCUT2D eigenvalue weighted by Crippen LogP contribution is -2.12. The smallest absolute Gasteiger partial charge is 0.127 e. The topological polar surface area (TPSA) is 17.8 Å². The van der Waals surface area contributed by atoms with Gasteiger partial charge in [0.15, 0.2) is 0 Å². The van der Waals surface area contributed by atoms with Crippen molar-refractivity contribution in [2.24, 2.45) is 0 Å². The second-order valence-electron chi connectivity index (χ2n) is 5.73. The van der Waals surface area contributed by atoms with Crippen LogP contribution in [-0.2, 0) is 0 Å². The Bertz CT molecular complexity index is 598. The molecule has 0 radical (unpaired) electrons. The Morgan fingerprint density at radius 1 is 1.25 bits per heavy atom. The molecule has 1 saturated carbocycles. The molecule has 1 fully saturated rings. The number of benzene rings is 1. The van der Waals surface area contributed by atoms with Gasteiger partial charge in [0.05, 0.1) is 16.4 Å². The summed E-state index contributed by atoms with van der Waals surface area (Å²) in [5, 5.41) is -0.159. The molecular formula is C16H20ClFN2. The third-order valence-corrected chi connectivity index (χ3v) is 4.42. The zero-order chi connectivity index (χ0) is 14.1. The SMILES string of the molecule is CC(Cl)c1nc2ccc(F)cc2n1C1CCCCCC1. The summed E-state index contributed by atoms with van der Waals surface area (Å²) in [5.74, 6) is 0.667. The number of fused-ring (bicyclic) bond motifs is 1. The Morgan fingerprint density at radius 3 is 2.60 bits per heavy atom. The van der Waals surface area contributed by atoms with Crippen molar-refractivity contribution in [1.29, 1.82) is 0 Å². The highest BCUT2D eigenvalue weighted by Crippen LogP contribution is 2.34. The maximum atomic E-state index is 13.6. The van der Waals surface area contributed by atoms with Crippen LogP contribution in [0, 0.1) is 5.82 Å². The Balaban J connectivity index is 2.14. The highest BCUT2D eigenvalue weighted by molar-refractivity contribution is 6.20. The highest BCUT2D eigenvalue weighted by Gasteiger charge is 2.22. The van der Waals surface area contributed by atoms with Gasteiger partial charge in [-0.25, -0.2) is 9.37 Å². The van der Waals surface area contributed by atoms with Gasteiger partial charge in [0.25, 0.3) is 0 Å². The van der Waals surface area contributed by atoms with Crippen LogP contribution < -0.4 is 0 Å². The summed E-state index contributed by atoms with van der Waals surface area (Å²) in [6.07, 6.45) is 7.33. The number of imidazole rings is 1.